The third-order valence-electron chi connectivity index (χ3n) is 5.09. The molecular weight excluding hydrogens is 388 g/mol. The van der Waals surface area contributed by atoms with Crippen molar-refractivity contribution < 1.29 is 14.3 Å². The molecular formula is C23H27ClN2O3. The fraction of sp³-hybridized carbons (Fsp3) is 0.391. The molecule has 2 aromatic carbocycles. The van der Waals surface area contributed by atoms with Gasteiger partial charge in [-0.2, -0.15) is 0 Å². The quantitative estimate of drug-likeness (QED) is 0.690. The number of aryl methyl sites for hydroxylation is 1. The molecule has 0 aliphatic carbocycles. The number of carbonyl (C=O) groups is 2. The average Bonchev–Trinajstić information content (AvgIpc) is 2.73. The lowest BCUT2D eigenvalue weighted by molar-refractivity contribution is -0.132. The van der Waals surface area contributed by atoms with Gasteiger partial charge in [0.15, 0.2) is 0 Å². The van der Waals surface area contributed by atoms with Crippen LogP contribution in [0.3, 0.4) is 0 Å². The maximum Gasteiger partial charge on any atom is 0.251 e. The largest absolute Gasteiger partial charge is 0.492 e. The molecule has 1 heterocycles. The molecule has 1 aliphatic rings. The third-order valence-corrected chi connectivity index (χ3v) is 5.40. The lowest BCUT2D eigenvalue weighted by Crippen LogP contribution is -2.46. The molecule has 0 unspecified atom stereocenters. The first-order chi connectivity index (χ1) is 14.0. The van der Waals surface area contributed by atoms with Crippen LogP contribution in [-0.4, -0.2) is 42.5 Å². The second-order valence-electron chi connectivity index (χ2n) is 7.38. The predicted octanol–water partition coefficient (Wildman–Crippen LogP) is 4.23. The summed E-state index contributed by atoms with van der Waals surface area (Å²) in [5, 5.41) is 3.67. The molecule has 6 heteroatoms. The fourth-order valence-corrected chi connectivity index (χ4v) is 3.64. The molecule has 0 spiro atoms. The molecule has 3 rings (SSSR count). The molecule has 154 valence electrons. The summed E-state index contributed by atoms with van der Waals surface area (Å²) in [4.78, 5) is 26.7. The van der Waals surface area contributed by atoms with Crippen LogP contribution in [-0.2, 0) is 4.79 Å². The van der Waals surface area contributed by atoms with E-state index in [0.29, 0.717) is 48.9 Å². The minimum Gasteiger partial charge on any atom is -0.492 e. The smallest absolute Gasteiger partial charge is 0.251 e. The molecule has 0 radical (unpaired) electrons. The van der Waals surface area contributed by atoms with E-state index in [1.807, 2.05) is 54.3 Å². The highest BCUT2D eigenvalue weighted by Gasteiger charge is 2.24. The number of hydrogen-bond acceptors (Lipinski definition) is 3. The van der Waals surface area contributed by atoms with Crippen molar-refractivity contribution in [3.05, 3.63) is 64.7 Å². The van der Waals surface area contributed by atoms with E-state index in [1.54, 1.807) is 6.07 Å². The number of nitrogens with one attached hydrogen (secondary N) is 1. The van der Waals surface area contributed by atoms with Crippen molar-refractivity contribution in [3.8, 4) is 5.75 Å². The molecule has 0 atom stereocenters. The van der Waals surface area contributed by atoms with Gasteiger partial charge in [0.25, 0.3) is 5.91 Å². The summed E-state index contributed by atoms with van der Waals surface area (Å²) >= 11 is 6.05. The Morgan fingerprint density at radius 1 is 1.14 bits per heavy atom. The van der Waals surface area contributed by atoms with E-state index in [2.05, 4.69) is 5.32 Å². The number of carbonyl (C=O) groups excluding carboxylic acids is 2. The number of para-hydroxylation sites is 1. The number of likely N-dealkylation sites (tertiary alicyclic amines) is 1. The van der Waals surface area contributed by atoms with E-state index in [1.165, 1.54) is 0 Å². The monoisotopic (exact) mass is 414 g/mol. The van der Waals surface area contributed by atoms with Gasteiger partial charge >= 0.3 is 0 Å². The topological polar surface area (TPSA) is 58.6 Å². The average molecular weight is 415 g/mol. The highest BCUT2D eigenvalue weighted by atomic mass is 35.5. The molecule has 0 aromatic heterocycles. The standard InChI is InChI=1S/C23H27ClN2O3/c1-17-6-4-7-18(16-17)23(28)25-19-11-13-26(14-12-19)22(27)10-5-15-29-21-9-3-2-8-20(21)24/h2-4,6-9,16,19H,5,10-15H2,1H3,(H,25,28). The summed E-state index contributed by atoms with van der Waals surface area (Å²) < 4.78 is 5.64. The number of halogens is 1. The lowest BCUT2D eigenvalue weighted by Gasteiger charge is -2.32. The normalized spacial score (nSPS) is 14.5. The van der Waals surface area contributed by atoms with E-state index in [9.17, 15) is 9.59 Å². The summed E-state index contributed by atoms with van der Waals surface area (Å²) in [6.07, 6.45) is 2.65. The predicted molar refractivity (Wildman–Crippen MR) is 114 cm³/mol. The van der Waals surface area contributed by atoms with E-state index >= 15 is 0 Å². The van der Waals surface area contributed by atoms with Crippen molar-refractivity contribution in [2.75, 3.05) is 19.7 Å². The van der Waals surface area contributed by atoms with Crippen molar-refractivity contribution >= 4 is 23.4 Å². The van der Waals surface area contributed by atoms with Gasteiger partial charge in [-0.15, -0.1) is 0 Å². The first-order valence-corrected chi connectivity index (χ1v) is 10.4. The van der Waals surface area contributed by atoms with Crippen LogP contribution in [0.5, 0.6) is 5.75 Å². The summed E-state index contributed by atoms with van der Waals surface area (Å²) in [5.74, 6) is 0.734. The Labute approximate surface area is 177 Å². The van der Waals surface area contributed by atoms with Gasteiger partial charge in [0.05, 0.1) is 11.6 Å². The first kappa shape index (κ1) is 21.2. The van der Waals surface area contributed by atoms with E-state index in [4.69, 9.17) is 16.3 Å². The molecule has 5 nitrogen and oxygen atoms in total. The maximum absolute atomic E-state index is 12.4. The van der Waals surface area contributed by atoms with E-state index in [-0.39, 0.29) is 17.9 Å². The summed E-state index contributed by atoms with van der Waals surface area (Å²) in [5.41, 5.74) is 1.75. The number of hydrogen-bond donors (Lipinski definition) is 1. The van der Waals surface area contributed by atoms with Crippen LogP contribution < -0.4 is 10.1 Å². The molecule has 0 bridgehead atoms. The van der Waals surface area contributed by atoms with Crippen LogP contribution >= 0.6 is 11.6 Å². The van der Waals surface area contributed by atoms with Gasteiger partial charge in [-0.05, 0) is 50.5 Å². The maximum atomic E-state index is 12.4. The van der Waals surface area contributed by atoms with Gasteiger partial charge in [-0.3, -0.25) is 9.59 Å². The number of piperidine rings is 1. The van der Waals surface area contributed by atoms with Crippen molar-refractivity contribution in [3.63, 3.8) is 0 Å². The molecule has 29 heavy (non-hydrogen) atoms. The number of benzene rings is 2. The second-order valence-corrected chi connectivity index (χ2v) is 7.79. The van der Waals surface area contributed by atoms with Crippen LogP contribution in [0.25, 0.3) is 0 Å². The number of ether oxygens (including phenoxy) is 1. The van der Waals surface area contributed by atoms with Crippen LogP contribution in [0.15, 0.2) is 48.5 Å². The van der Waals surface area contributed by atoms with Gasteiger partial charge in [0.1, 0.15) is 5.75 Å². The van der Waals surface area contributed by atoms with Gasteiger partial charge in [0, 0.05) is 31.1 Å². The van der Waals surface area contributed by atoms with Crippen LogP contribution in [0.4, 0.5) is 0 Å². The molecule has 1 N–H and O–H groups in total. The number of amides is 2. The van der Waals surface area contributed by atoms with Crippen LogP contribution in [0.1, 0.15) is 41.6 Å². The zero-order valence-electron chi connectivity index (χ0n) is 16.7. The van der Waals surface area contributed by atoms with E-state index < -0.39 is 0 Å². The zero-order valence-corrected chi connectivity index (χ0v) is 17.5. The Hall–Kier alpha value is -2.53. The van der Waals surface area contributed by atoms with Gasteiger partial charge < -0.3 is 15.0 Å². The highest BCUT2D eigenvalue weighted by molar-refractivity contribution is 6.32. The molecule has 1 aliphatic heterocycles. The lowest BCUT2D eigenvalue weighted by atomic mass is 10.0. The Balaban J connectivity index is 1.36. The summed E-state index contributed by atoms with van der Waals surface area (Å²) in [6.45, 7) is 3.77. The second kappa shape index (κ2) is 10.3. The number of nitrogens with zero attached hydrogens (tertiary/aromatic N) is 1. The van der Waals surface area contributed by atoms with Gasteiger partial charge in [-0.1, -0.05) is 41.4 Å². The van der Waals surface area contributed by atoms with Crippen LogP contribution in [0.2, 0.25) is 5.02 Å². The third kappa shape index (κ3) is 6.23. The van der Waals surface area contributed by atoms with Gasteiger partial charge in [0.2, 0.25) is 5.91 Å². The van der Waals surface area contributed by atoms with Crippen LogP contribution in [0, 0.1) is 6.92 Å². The highest BCUT2D eigenvalue weighted by Crippen LogP contribution is 2.23. The van der Waals surface area contributed by atoms with Crippen molar-refractivity contribution in [2.45, 2.75) is 38.6 Å². The van der Waals surface area contributed by atoms with E-state index in [0.717, 1.165) is 18.4 Å². The zero-order chi connectivity index (χ0) is 20.6. The molecule has 2 aromatic rings. The minimum atomic E-state index is -0.0461. The molecule has 0 saturated carbocycles. The Morgan fingerprint density at radius 3 is 2.62 bits per heavy atom. The molecule has 2 amide bonds. The summed E-state index contributed by atoms with van der Waals surface area (Å²) in [6, 6.07) is 15.0. The first-order valence-electron chi connectivity index (χ1n) is 10.1. The Bertz CT molecular complexity index is 848. The fourth-order valence-electron chi connectivity index (χ4n) is 3.45. The Kier molecular flexibility index (Phi) is 7.53. The summed E-state index contributed by atoms with van der Waals surface area (Å²) in [7, 11) is 0. The molecule has 1 fully saturated rings. The minimum absolute atomic E-state index is 0.0461. The van der Waals surface area contributed by atoms with Crippen molar-refractivity contribution in [2.24, 2.45) is 0 Å². The van der Waals surface area contributed by atoms with Crippen molar-refractivity contribution in [1.29, 1.82) is 0 Å². The SMILES string of the molecule is Cc1cccc(C(=O)NC2CCN(C(=O)CCCOc3ccccc3Cl)CC2)c1. The molecule has 1 saturated heterocycles. The number of rotatable bonds is 7. The van der Waals surface area contributed by atoms with Crippen molar-refractivity contribution in [1.82, 2.24) is 10.2 Å². The van der Waals surface area contributed by atoms with Gasteiger partial charge in [-0.25, -0.2) is 0 Å². The Morgan fingerprint density at radius 2 is 1.90 bits per heavy atom.